The van der Waals surface area contributed by atoms with Crippen LogP contribution in [0.25, 0.3) is 5.69 Å². The molecular weight excluding hydrogens is 463 g/mol. The largest absolute Gasteiger partial charge is 0.528 e. The number of hydrogen-bond acceptors (Lipinski definition) is 10. The molecule has 34 heavy (non-hydrogen) atoms. The average molecular weight is 491 g/mol. The van der Waals surface area contributed by atoms with Crippen LogP contribution in [0.1, 0.15) is 50.7 Å². The number of nitrogens with zero attached hydrogens (tertiary/aromatic N) is 6. The Morgan fingerprint density at radius 1 is 1.32 bits per heavy atom. The van der Waals surface area contributed by atoms with Gasteiger partial charge in [0.2, 0.25) is 0 Å². The summed E-state index contributed by atoms with van der Waals surface area (Å²) in [6.45, 7) is 8.85. The van der Waals surface area contributed by atoms with Crippen LogP contribution in [0.15, 0.2) is 29.9 Å². The number of carbonyl (C=O) groups is 1. The standard InChI is InChI=1S/C22H27FN6O4S/c1-14-10-28(33-21(30)32-22(2,3)4)8-7-17(14)20-25-15(12-34-20)11-31-19-6-5-16(9-18(19)23)29-13-24-26-27-29/h5-6,9,12-14,17H,7-8,10-11H2,1-4H3. The summed E-state index contributed by atoms with van der Waals surface area (Å²) in [5, 5.41) is 15.4. The van der Waals surface area contributed by atoms with Gasteiger partial charge in [-0.3, -0.25) is 0 Å². The molecule has 3 aromatic rings. The van der Waals surface area contributed by atoms with Gasteiger partial charge in [-0.1, -0.05) is 6.92 Å². The fourth-order valence-corrected chi connectivity index (χ4v) is 4.74. The van der Waals surface area contributed by atoms with E-state index < -0.39 is 17.6 Å². The van der Waals surface area contributed by atoms with Gasteiger partial charge in [-0.05, 0) is 55.7 Å². The van der Waals surface area contributed by atoms with Crippen LogP contribution in [-0.4, -0.2) is 55.1 Å². The lowest BCUT2D eigenvalue weighted by molar-refractivity contribution is -0.160. The Hall–Kier alpha value is -3.12. The highest BCUT2D eigenvalue weighted by atomic mass is 32.1. The second-order valence-corrected chi connectivity index (χ2v) is 10.0. The molecule has 0 radical (unpaired) electrons. The first-order valence-corrected chi connectivity index (χ1v) is 11.8. The number of thiazole rings is 1. The zero-order valence-corrected chi connectivity index (χ0v) is 20.3. The van der Waals surface area contributed by atoms with Gasteiger partial charge < -0.3 is 14.3 Å². The topological polar surface area (TPSA) is 104 Å². The molecule has 1 aliphatic heterocycles. The Kier molecular flexibility index (Phi) is 7.08. The molecule has 4 rings (SSSR count). The molecule has 2 unspecified atom stereocenters. The molecule has 0 aliphatic carbocycles. The number of piperidine rings is 1. The lowest BCUT2D eigenvalue weighted by Gasteiger charge is -2.34. The highest BCUT2D eigenvalue weighted by Gasteiger charge is 2.32. The smallest absolute Gasteiger partial charge is 0.484 e. The number of ether oxygens (including phenoxy) is 2. The first-order valence-electron chi connectivity index (χ1n) is 10.9. The molecule has 0 saturated carbocycles. The number of hydroxylamine groups is 2. The van der Waals surface area contributed by atoms with Crippen molar-refractivity contribution in [3.8, 4) is 11.4 Å². The first kappa shape index (κ1) is 24.0. The molecule has 12 heteroatoms. The summed E-state index contributed by atoms with van der Waals surface area (Å²) in [5.74, 6) is 0.0960. The predicted octanol–water partition coefficient (Wildman–Crippen LogP) is 4.13. The average Bonchev–Trinajstić information content (AvgIpc) is 3.44. The van der Waals surface area contributed by atoms with Crippen molar-refractivity contribution < 1.29 is 23.5 Å². The summed E-state index contributed by atoms with van der Waals surface area (Å²) in [7, 11) is 0. The van der Waals surface area contributed by atoms with E-state index in [1.165, 1.54) is 17.1 Å². The molecule has 1 fully saturated rings. The van der Waals surface area contributed by atoms with Gasteiger partial charge in [0.1, 0.15) is 18.5 Å². The number of tetrazole rings is 1. The number of aromatic nitrogens is 5. The van der Waals surface area contributed by atoms with Crippen LogP contribution in [0.2, 0.25) is 0 Å². The zero-order chi connectivity index (χ0) is 24.3. The molecule has 0 amide bonds. The maximum absolute atomic E-state index is 14.4. The zero-order valence-electron chi connectivity index (χ0n) is 19.5. The second-order valence-electron chi connectivity index (χ2n) is 9.15. The van der Waals surface area contributed by atoms with Crippen molar-refractivity contribution in [2.75, 3.05) is 13.1 Å². The third kappa shape index (κ3) is 6.06. The Bertz CT molecular complexity index is 1120. The van der Waals surface area contributed by atoms with Crippen LogP contribution in [-0.2, 0) is 16.2 Å². The molecule has 0 bridgehead atoms. The number of benzene rings is 1. The minimum atomic E-state index is -0.690. The normalized spacial score (nSPS) is 19.1. The molecular formula is C22H27FN6O4S. The predicted molar refractivity (Wildman–Crippen MR) is 121 cm³/mol. The SMILES string of the molecule is CC1CN(OC(=O)OC(C)(C)C)CCC1c1nc(COc2ccc(-n3cnnn3)cc2F)cs1. The van der Waals surface area contributed by atoms with E-state index in [0.717, 1.165) is 17.1 Å². The lowest BCUT2D eigenvalue weighted by Crippen LogP contribution is -2.40. The minimum Gasteiger partial charge on any atom is -0.484 e. The van der Waals surface area contributed by atoms with E-state index in [0.29, 0.717) is 18.8 Å². The van der Waals surface area contributed by atoms with Crippen molar-refractivity contribution in [2.45, 2.75) is 52.2 Å². The van der Waals surface area contributed by atoms with Crippen molar-refractivity contribution in [1.82, 2.24) is 30.3 Å². The van der Waals surface area contributed by atoms with Crippen LogP contribution in [0.5, 0.6) is 5.75 Å². The van der Waals surface area contributed by atoms with Crippen LogP contribution in [0, 0.1) is 11.7 Å². The Balaban J connectivity index is 1.30. The van der Waals surface area contributed by atoms with E-state index >= 15 is 0 Å². The molecule has 2 atom stereocenters. The third-order valence-electron chi connectivity index (χ3n) is 5.25. The number of halogens is 1. The molecule has 1 aromatic carbocycles. The number of carbonyl (C=O) groups excluding carboxylic acids is 1. The van der Waals surface area contributed by atoms with Crippen LogP contribution in [0.4, 0.5) is 9.18 Å². The van der Waals surface area contributed by atoms with Crippen molar-refractivity contribution in [3.05, 3.63) is 46.4 Å². The summed E-state index contributed by atoms with van der Waals surface area (Å²) in [5.41, 5.74) is 0.644. The molecule has 2 aromatic heterocycles. The Morgan fingerprint density at radius 2 is 2.15 bits per heavy atom. The maximum Gasteiger partial charge on any atom is 0.528 e. The fraction of sp³-hybridized carbons (Fsp3) is 0.500. The van der Waals surface area contributed by atoms with E-state index in [1.54, 1.807) is 49.3 Å². The van der Waals surface area contributed by atoms with Gasteiger partial charge in [0.05, 0.1) is 16.4 Å². The number of rotatable bonds is 6. The number of hydrogen-bond donors (Lipinski definition) is 0. The molecule has 0 spiro atoms. The fourth-order valence-electron chi connectivity index (χ4n) is 3.67. The highest BCUT2D eigenvalue weighted by Crippen LogP contribution is 2.35. The molecule has 10 nitrogen and oxygen atoms in total. The van der Waals surface area contributed by atoms with Gasteiger partial charge in [-0.2, -0.15) is 0 Å². The molecule has 182 valence electrons. The summed E-state index contributed by atoms with van der Waals surface area (Å²) in [6, 6.07) is 4.53. The minimum absolute atomic E-state index is 0.132. The monoisotopic (exact) mass is 490 g/mol. The molecule has 1 saturated heterocycles. The quantitative estimate of drug-likeness (QED) is 0.472. The highest BCUT2D eigenvalue weighted by molar-refractivity contribution is 7.09. The van der Waals surface area contributed by atoms with E-state index in [4.69, 9.17) is 19.3 Å². The van der Waals surface area contributed by atoms with Crippen LogP contribution in [0.3, 0.4) is 0 Å². The summed E-state index contributed by atoms with van der Waals surface area (Å²) in [4.78, 5) is 22.0. The van der Waals surface area contributed by atoms with Gasteiger partial charge in [0.25, 0.3) is 0 Å². The summed E-state index contributed by atoms with van der Waals surface area (Å²) in [6.07, 6.45) is 1.50. The molecule has 1 aliphatic rings. The van der Waals surface area contributed by atoms with Gasteiger partial charge in [-0.25, -0.2) is 18.9 Å². The van der Waals surface area contributed by atoms with Gasteiger partial charge in [-0.15, -0.1) is 21.5 Å². The van der Waals surface area contributed by atoms with Crippen LogP contribution >= 0.6 is 11.3 Å². The lowest BCUT2D eigenvalue weighted by atomic mass is 9.88. The first-order chi connectivity index (χ1) is 16.2. The van der Waals surface area contributed by atoms with Crippen LogP contribution < -0.4 is 4.74 Å². The molecule has 0 N–H and O–H groups in total. The Labute approximate surface area is 200 Å². The van der Waals surface area contributed by atoms with E-state index in [2.05, 4.69) is 22.4 Å². The van der Waals surface area contributed by atoms with E-state index in [9.17, 15) is 9.18 Å². The Morgan fingerprint density at radius 3 is 2.82 bits per heavy atom. The molecule has 3 heterocycles. The van der Waals surface area contributed by atoms with E-state index in [-0.39, 0.29) is 24.2 Å². The second kappa shape index (κ2) is 10.0. The van der Waals surface area contributed by atoms with Gasteiger partial charge >= 0.3 is 6.16 Å². The van der Waals surface area contributed by atoms with Crippen molar-refractivity contribution in [1.29, 1.82) is 0 Å². The van der Waals surface area contributed by atoms with Gasteiger partial charge in [0.15, 0.2) is 11.6 Å². The van der Waals surface area contributed by atoms with Crippen molar-refractivity contribution in [3.63, 3.8) is 0 Å². The third-order valence-corrected chi connectivity index (χ3v) is 6.28. The van der Waals surface area contributed by atoms with Gasteiger partial charge in [0, 0.05) is 30.5 Å². The van der Waals surface area contributed by atoms with Crippen molar-refractivity contribution >= 4 is 17.5 Å². The van der Waals surface area contributed by atoms with E-state index in [1.807, 2.05) is 5.38 Å². The summed E-state index contributed by atoms with van der Waals surface area (Å²) < 4.78 is 26.7. The maximum atomic E-state index is 14.4. The summed E-state index contributed by atoms with van der Waals surface area (Å²) >= 11 is 1.56. The van der Waals surface area contributed by atoms with Crippen molar-refractivity contribution in [2.24, 2.45) is 5.92 Å².